The highest BCUT2D eigenvalue weighted by molar-refractivity contribution is 7.22. The number of benzene rings is 2. The molecule has 1 aliphatic rings. The van der Waals surface area contributed by atoms with Crippen LogP contribution in [0.1, 0.15) is 28.8 Å². The number of fused-ring (bicyclic) bond motifs is 2. The number of aliphatic imine (C=N–C) groups is 1. The van der Waals surface area contributed by atoms with Crippen molar-refractivity contribution >= 4 is 67.3 Å². The van der Waals surface area contributed by atoms with E-state index in [1.165, 1.54) is 33.5 Å². The van der Waals surface area contributed by atoms with Crippen LogP contribution >= 0.6 is 45.9 Å². The molecule has 5 rings (SSSR count). The summed E-state index contributed by atoms with van der Waals surface area (Å²) >= 11 is 15.9. The highest BCUT2D eigenvalue weighted by Crippen LogP contribution is 2.47. The Morgan fingerprint density at radius 2 is 1.86 bits per heavy atom. The number of thiazole rings is 1. The molecule has 0 N–H and O–H groups in total. The number of aromatic nitrogens is 1. The van der Waals surface area contributed by atoms with E-state index in [0.717, 1.165) is 33.9 Å². The standard InChI is InChI=1S/C22H16Cl2N2S2/c23-14-10-9-13(16(24)11-14)12-25-21-20(15-5-1-3-7-18(15)27-21)22-26-17-6-2-4-8-19(17)28-22/h2,4,6,8-12H,1,3,5,7H2/b25-12+. The molecule has 0 atom stereocenters. The summed E-state index contributed by atoms with van der Waals surface area (Å²) in [6.07, 6.45) is 6.56. The van der Waals surface area contributed by atoms with Crippen LogP contribution in [0.3, 0.4) is 0 Å². The van der Waals surface area contributed by atoms with Crippen molar-refractivity contribution in [3.8, 4) is 10.6 Å². The van der Waals surface area contributed by atoms with Crippen molar-refractivity contribution in [1.29, 1.82) is 0 Å². The lowest BCUT2D eigenvalue weighted by Crippen LogP contribution is -1.99. The Balaban J connectivity index is 1.63. The molecule has 140 valence electrons. The molecule has 0 unspecified atom stereocenters. The molecule has 0 amide bonds. The molecule has 2 nitrogen and oxygen atoms in total. The highest BCUT2D eigenvalue weighted by Gasteiger charge is 2.23. The van der Waals surface area contributed by atoms with E-state index >= 15 is 0 Å². The minimum absolute atomic E-state index is 0.610. The van der Waals surface area contributed by atoms with Crippen molar-refractivity contribution in [3.05, 3.63) is 68.5 Å². The molecule has 0 saturated heterocycles. The highest BCUT2D eigenvalue weighted by atomic mass is 35.5. The minimum atomic E-state index is 0.610. The molecule has 4 aromatic rings. The number of aryl methyl sites for hydroxylation is 1. The second kappa shape index (κ2) is 7.60. The molecule has 0 radical (unpaired) electrons. The fraction of sp³-hybridized carbons (Fsp3) is 0.182. The van der Waals surface area contributed by atoms with Crippen LogP contribution in [0.25, 0.3) is 20.8 Å². The molecule has 2 heterocycles. The zero-order valence-electron chi connectivity index (χ0n) is 14.9. The van der Waals surface area contributed by atoms with Gasteiger partial charge >= 0.3 is 0 Å². The van der Waals surface area contributed by atoms with Gasteiger partial charge in [0, 0.05) is 21.7 Å². The van der Waals surface area contributed by atoms with Gasteiger partial charge in [0.15, 0.2) is 0 Å². The third-order valence-electron chi connectivity index (χ3n) is 4.94. The van der Waals surface area contributed by atoms with Crippen molar-refractivity contribution in [2.24, 2.45) is 4.99 Å². The lowest BCUT2D eigenvalue weighted by Gasteiger charge is -2.11. The van der Waals surface area contributed by atoms with E-state index in [2.05, 4.69) is 18.2 Å². The SMILES string of the molecule is Clc1ccc(/C=N/c2sc3c(c2-c2nc4ccccc4s2)CCCC3)c(Cl)c1. The Morgan fingerprint density at radius 3 is 2.71 bits per heavy atom. The molecule has 28 heavy (non-hydrogen) atoms. The third-order valence-corrected chi connectivity index (χ3v) is 7.76. The van der Waals surface area contributed by atoms with E-state index in [0.29, 0.717) is 10.0 Å². The van der Waals surface area contributed by atoms with Gasteiger partial charge in [-0.25, -0.2) is 9.98 Å². The van der Waals surface area contributed by atoms with Crippen molar-refractivity contribution in [2.45, 2.75) is 25.7 Å². The average Bonchev–Trinajstić information content (AvgIpc) is 3.27. The van der Waals surface area contributed by atoms with Crippen LogP contribution in [-0.2, 0) is 12.8 Å². The first-order valence-electron chi connectivity index (χ1n) is 9.18. The molecular formula is C22H16Cl2N2S2. The Hall–Kier alpha value is -1.72. The molecule has 0 spiro atoms. The Bertz CT molecular complexity index is 1170. The first-order valence-corrected chi connectivity index (χ1v) is 11.6. The number of rotatable bonds is 3. The van der Waals surface area contributed by atoms with E-state index in [-0.39, 0.29) is 0 Å². The van der Waals surface area contributed by atoms with Crippen LogP contribution < -0.4 is 0 Å². The molecule has 0 fully saturated rings. The minimum Gasteiger partial charge on any atom is -0.245 e. The summed E-state index contributed by atoms with van der Waals surface area (Å²) in [5.41, 5.74) is 4.56. The predicted octanol–water partition coefficient (Wildman–Crippen LogP) is 7.96. The fourth-order valence-corrected chi connectivity index (χ4v) is 6.37. The molecule has 2 aromatic carbocycles. The Labute approximate surface area is 181 Å². The van der Waals surface area contributed by atoms with Gasteiger partial charge in [-0.05, 0) is 55.5 Å². The van der Waals surface area contributed by atoms with Gasteiger partial charge in [0.2, 0.25) is 0 Å². The molecule has 2 aromatic heterocycles. The number of nitrogens with zero attached hydrogens (tertiary/aromatic N) is 2. The summed E-state index contributed by atoms with van der Waals surface area (Å²) in [6.45, 7) is 0. The number of thiophene rings is 1. The lowest BCUT2D eigenvalue weighted by atomic mass is 9.96. The molecule has 0 bridgehead atoms. The van der Waals surface area contributed by atoms with Gasteiger partial charge in [-0.3, -0.25) is 0 Å². The molecule has 6 heteroatoms. The van der Waals surface area contributed by atoms with Crippen LogP contribution in [0.15, 0.2) is 47.5 Å². The van der Waals surface area contributed by atoms with Gasteiger partial charge in [0.05, 0.1) is 20.8 Å². The predicted molar refractivity (Wildman–Crippen MR) is 123 cm³/mol. The van der Waals surface area contributed by atoms with Crippen LogP contribution in [0.4, 0.5) is 5.00 Å². The summed E-state index contributed by atoms with van der Waals surface area (Å²) in [5.74, 6) is 0. The first kappa shape index (κ1) is 18.3. The van der Waals surface area contributed by atoms with E-state index < -0.39 is 0 Å². The van der Waals surface area contributed by atoms with Crippen LogP contribution in [-0.4, -0.2) is 11.2 Å². The number of halogens is 2. The number of para-hydroxylation sites is 1. The average molecular weight is 443 g/mol. The zero-order chi connectivity index (χ0) is 19.1. The third kappa shape index (κ3) is 3.39. The Kier molecular flexibility index (Phi) is 4.97. The topological polar surface area (TPSA) is 25.2 Å². The second-order valence-electron chi connectivity index (χ2n) is 6.80. The maximum Gasteiger partial charge on any atom is 0.127 e. The maximum absolute atomic E-state index is 6.32. The molecule has 0 saturated carbocycles. The Morgan fingerprint density at radius 1 is 1.00 bits per heavy atom. The molecule has 1 aliphatic carbocycles. The van der Waals surface area contributed by atoms with Crippen LogP contribution in [0.2, 0.25) is 10.0 Å². The van der Waals surface area contributed by atoms with Gasteiger partial charge < -0.3 is 0 Å². The van der Waals surface area contributed by atoms with Crippen molar-refractivity contribution in [1.82, 2.24) is 4.98 Å². The van der Waals surface area contributed by atoms with Crippen molar-refractivity contribution in [3.63, 3.8) is 0 Å². The lowest BCUT2D eigenvalue weighted by molar-refractivity contribution is 0.698. The largest absolute Gasteiger partial charge is 0.245 e. The summed E-state index contributed by atoms with van der Waals surface area (Å²) < 4.78 is 1.21. The van der Waals surface area contributed by atoms with E-state index in [1.54, 1.807) is 28.7 Å². The van der Waals surface area contributed by atoms with Crippen LogP contribution in [0.5, 0.6) is 0 Å². The summed E-state index contributed by atoms with van der Waals surface area (Å²) in [4.78, 5) is 11.2. The van der Waals surface area contributed by atoms with E-state index in [1.807, 2.05) is 24.4 Å². The second-order valence-corrected chi connectivity index (χ2v) is 9.76. The van der Waals surface area contributed by atoms with Gasteiger partial charge in [-0.2, -0.15) is 0 Å². The van der Waals surface area contributed by atoms with Gasteiger partial charge in [0.25, 0.3) is 0 Å². The van der Waals surface area contributed by atoms with E-state index in [4.69, 9.17) is 33.2 Å². The van der Waals surface area contributed by atoms with Gasteiger partial charge in [0.1, 0.15) is 10.0 Å². The van der Waals surface area contributed by atoms with Crippen LogP contribution in [0, 0.1) is 0 Å². The maximum atomic E-state index is 6.32. The summed E-state index contributed by atoms with van der Waals surface area (Å²) in [6, 6.07) is 13.8. The number of hydrogen-bond donors (Lipinski definition) is 0. The summed E-state index contributed by atoms with van der Waals surface area (Å²) in [5, 5.41) is 3.33. The molecule has 0 aliphatic heterocycles. The number of hydrogen-bond acceptors (Lipinski definition) is 4. The normalized spacial score (nSPS) is 14.1. The summed E-state index contributed by atoms with van der Waals surface area (Å²) in [7, 11) is 0. The van der Waals surface area contributed by atoms with Gasteiger partial charge in [-0.15, -0.1) is 22.7 Å². The quantitative estimate of drug-likeness (QED) is 0.295. The fourth-order valence-electron chi connectivity index (χ4n) is 3.58. The monoisotopic (exact) mass is 442 g/mol. The smallest absolute Gasteiger partial charge is 0.127 e. The van der Waals surface area contributed by atoms with Crippen molar-refractivity contribution < 1.29 is 0 Å². The van der Waals surface area contributed by atoms with Gasteiger partial charge in [-0.1, -0.05) is 41.4 Å². The zero-order valence-corrected chi connectivity index (χ0v) is 18.1. The molecular weight excluding hydrogens is 427 g/mol. The first-order chi connectivity index (χ1) is 13.7. The van der Waals surface area contributed by atoms with E-state index in [9.17, 15) is 0 Å². The van der Waals surface area contributed by atoms with Crippen molar-refractivity contribution in [2.75, 3.05) is 0 Å².